The molecule has 2 rings (SSSR count). The summed E-state index contributed by atoms with van der Waals surface area (Å²) in [6.45, 7) is 2.12. The van der Waals surface area contributed by atoms with E-state index >= 15 is 0 Å². The number of halogens is 1. The van der Waals surface area contributed by atoms with Crippen molar-refractivity contribution in [1.29, 1.82) is 0 Å². The van der Waals surface area contributed by atoms with Crippen LogP contribution in [0.15, 0.2) is 18.2 Å². The second kappa shape index (κ2) is 4.44. The quantitative estimate of drug-likeness (QED) is 0.488. The second-order valence-corrected chi connectivity index (χ2v) is 4.25. The third-order valence-corrected chi connectivity index (χ3v) is 3.37. The van der Waals surface area contributed by atoms with E-state index in [-0.39, 0.29) is 24.0 Å². The summed E-state index contributed by atoms with van der Waals surface area (Å²) < 4.78 is 8.64. The van der Waals surface area contributed by atoms with Gasteiger partial charge >= 0.3 is 0 Å². The lowest BCUT2D eigenvalue weighted by atomic mass is 10.3. The molecule has 1 aromatic carbocycles. The Morgan fingerprint density at radius 1 is 1.36 bits per heavy atom. The van der Waals surface area contributed by atoms with E-state index in [4.69, 9.17) is 4.74 Å². The SMILES string of the molecule is COc1ccc2c(c1)sc(C)[n+]2C.[I-]. The van der Waals surface area contributed by atoms with Crippen LogP contribution in [-0.2, 0) is 7.05 Å². The Balaban J connectivity index is 0.000000980. The first-order valence-corrected chi connectivity index (χ1v) is 4.97. The van der Waals surface area contributed by atoms with Crippen LogP contribution in [0.3, 0.4) is 0 Å². The Labute approximate surface area is 105 Å². The van der Waals surface area contributed by atoms with E-state index in [1.54, 1.807) is 18.4 Å². The number of methoxy groups -OCH3 is 1. The third kappa shape index (κ3) is 1.86. The van der Waals surface area contributed by atoms with Gasteiger partial charge in [0.05, 0.1) is 7.11 Å². The molecule has 0 aliphatic heterocycles. The summed E-state index contributed by atoms with van der Waals surface area (Å²) in [6.07, 6.45) is 0. The van der Waals surface area contributed by atoms with Gasteiger partial charge in [0.25, 0.3) is 0 Å². The fourth-order valence-corrected chi connectivity index (χ4v) is 2.42. The van der Waals surface area contributed by atoms with Crippen LogP contribution in [0.25, 0.3) is 10.2 Å². The average molecular weight is 321 g/mol. The molecule has 0 saturated heterocycles. The number of hydrogen-bond acceptors (Lipinski definition) is 2. The molecule has 0 bridgehead atoms. The highest BCUT2D eigenvalue weighted by atomic mass is 127. The van der Waals surface area contributed by atoms with Crippen molar-refractivity contribution in [3.63, 3.8) is 0 Å². The van der Waals surface area contributed by atoms with Gasteiger partial charge in [-0.3, -0.25) is 0 Å². The van der Waals surface area contributed by atoms with Gasteiger partial charge in [0.2, 0.25) is 10.5 Å². The van der Waals surface area contributed by atoms with E-state index in [1.165, 1.54) is 15.2 Å². The van der Waals surface area contributed by atoms with E-state index < -0.39 is 0 Å². The number of benzene rings is 1. The molecule has 0 N–H and O–H groups in total. The molecule has 0 amide bonds. The van der Waals surface area contributed by atoms with Gasteiger partial charge < -0.3 is 28.7 Å². The topological polar surface area (TPSA) is 13.1 Å². The van der Waals surface area contributed by atoms with Gasteiger partial charge in [0, 0.05) is 19.1 Å². The Morgan fingerprint density at radius 3 is 2.71 bits per heavy atom. The fraction of sp³-hybridized carbons (Fsp3) is 0.300. The maximum absolute atomic E-state index is 5.17. The predicted octanol–water partition coefficient (Wildman–Crippen LogP) is -0.953. The molecule has 4 heteroatoms. The summed E-state index contributed by atoms with van der Waals surface area (Å²) in [5.74, 6) is 0.925. The third-order valence-electron chi connectivity index (χ3n) is 2.26. The highest BCUT2D eigenvalue weighted by molar-refractivity contribution is 7.18. The van der Waals surface area contributed by atoms with Crippen molar-refractivity contribution in [3.05, 3.63) is 23.2 Å². The molecule has 76 valence electrons. The summed E-state index contributed by atoms with van der Waals surface area (Å²) in [5, 5.41) is 1.31. The molecule has 0 unspecified atom stereocenters. The Morgan fingerprint density at radius 2 is 2.07 bits per heavy atom. The van der Waals surface area contributed by atoms with Gasteiger partial charge in [-0.25, -0.2) is 0 Å². The van der Waals surface area contributed by atoms with Crippen LogP contribution < -0.4 is 33.3 Å². The lowest BCUT2D eigenvalue weighted by Crippen LogP contribution is -3.00. The summed E-state index contributed by atoms with van der Waals surface area (Å²) in [4.78, 5) is 0. The summed E-state index contributed by atoms with van der Waals surface area (Å²) >= 11 is 1.79. The molecule has 2 nitrogen and oxygen atoms in total. The Bertz CT molecular complexity index is 453. The van der Waals surface area contributed by atoms with Crippen molar-refractivity contribution in [3.8, 4) is 5.75 Å². The van der Waals surface area contributed by atoms with E-state index in [2.05, 4.69) is 30.7 Å². The minimum Gasteiger partial charge on any atom is -1.00 e. The molecule has 2 aromatic rings. The van der Waals surface area contributed by atoms with Gasteiger partial charge in [-0.1, -0.05) is 11.3 Å². The molecule has 1 heterocycles. The van der Waals surface area contributed by atoms with Crippen molar-refractivity contribution in [2.24, 2.45) is 7.05 Å². The van der Waals surface area contributed by atoms with Crippen LogP contribution in [0.1, 0.15) is 5.01 Å². The highest BCUT2D eigenvalue weighted by Gasteiger charge is 2.12. The first-order valence-electron chi connectivity index (χ1n) is 4.15. The van der Waals surface area contributed by atoms with Crippen LogP contribution in [0.5, 0.6) is 5.75 Å². The van der Waals surface area contributed by atoms with Gasteiger partial charge in [0.15, 0.2) is 0 Å². The highest BCUT2D eigenvalue weighted by Crippen LogP contribution is 2.23. The Kier molecular flexibility index (Phi) is 3.71. The van der Waals surface area contributed by atoms with Crippen LogP contribution in [0, 0.1) is 6.92 Å². The van der Waals surface area contributed by atoms with E-state index in [0.29, 0.717) is 0 Å². The van der Waals surface area contributed by atoms with Crippen molar-refractivity contribution in [2.75, 3.05) is 7.11 Å². The number of rotatable bonds is 1. The minimum absolute atomic E-state index is 0. The maximum atomic E-state index is 5.17. The van der Waals surface area contributed by atoms with Crippen molar-refractivity contribution in [2.45, 2.75) is 6.92 Å². The number of fused-ring (bicyclic) bond motifs is 1. The number of thiazole rings is 1. The number of ether oxygens (including phenoxy) is 1. The maximum Gasteiger partial charge on any atom is 0.234 e. The molecular formula is C10H12INOS. The van der Waals surface area contributed by atoms with Gasteiger partial charge in [0.1, 0.15) is 17.5 Å². The summed E-state index contributed by atoms with van der Waals surface area (Å²) in [7, 11) is 3.78. The first kappa shape index (κ1) is 11.7. The summed E-state index contributed by atoms with van der Waals surface area (Å²) in [6, 6.07) is 6.17. The zero-order valence-electron chi connectivity index (χ0n) is 8.37. The predicted molar refractivity (Wildman–Crippen MR) is 54.3 cm³/mol. The Hall–Kier alpha value is -0.360. The molecule has 0 fully saturated rings. The van der Waals surface area contributed by atoms with E-state index in [1.807, 2.05) is 6.07 Å². The van der Waals surface area contributed by atoms with E-state index in [0.717, 1.165) is 5.75 Å². The summed E-state index contributed by atoms with van der Waals surface area (Å²) in [5.41, 5.74) is 1.27. The van der Waals surface area contributed by atoms with Crippen LogP contribution >= 0.6 is 11.3 Å². The molecule has 0 atom stereocenters. The zero-order valence-corrected chi connectivity index (χ0v) is 11.3. The van der Waals surface area contributed by atoms with Gasteiger partial charge in [-0.15, -0.1) is 0 Å². The van der Waals surface area contributed by atoms with Crippen molar-refractivity contribution in [1.82, 2.24) is 0 Å². The number of aromatic nitrogens is 1. The van der Waals surface area contributed by atoms with E-state index in [9.17, 15) is 0 Å². The molecule has 0 spiro atoms. The minimum atomic E-state index is 0. The lowest BCUT2D eigenvalue weighted by molar-refractivity contribution is -0.646. The standard InChI is InChI=1S/C10H12NOS.HI/c1-7-11(2)9-5-4-8(12-3)6-10(9)13-7;/h4-6H,1-3H3;1H/q+1;/p-1. The lowest BCUT2D eigenvalue weighted by Gasteiger charge is -1.95. The van der Waals surface area contributed by atoms with Crippen LogP contribution in [0.2, 0.25) is 0 Å². The second-order valence-electron chi connectivity index (χ2n) is 3.01. The fourth-order valence-electron chi connectivity index (χ4n) is 1.38. The normalized spacial score (nSPS) is 9.93. The first-order chi connectivity index (χ1) is 6.22. The smallest absolute Gasteiger partial charge is 0.234 e. The zero-order chi connectivity index (χ0) is 9.42. The average Bonchev–Trinajstić information content (AvgIpc) is 2.42. The molecule has 14 heavy (non-hydrogen) atoms. The van der Waals surface area contributed by atoms with Gasteiger partial charge in [-0.2, -0.15) is 4.57 Å². The number of aryl methyl sites for hydroxylation is 2. The number of nitrogens with zero attached hydrogens (tertiary/aromatic N) is 1. The largest absolute Gasteiger partial charge is 1.00 e. The molecular weight excluding hydrogens is 309 g/mol. The molecule has 0 radical (unpaired) electrons. The van der Waals surface area contributed by atoms with Crippen LogP contribution in [-0.4, -0.2) is 7.11 Å². The molecule has 1 aromatic heterocycles. The van der Waals surface area contributed by atoms with Crippen molar-refractivity contribution >= 4 is 21.6 Å². The molecule has 0 saturated carbocycles. The van der Waals surface area contributed by atoms with Crippen LogP contribution in [0.4, 0.5) is 0 Å². The monoisotopic (exact) mass is 321 g/mol. The molecule has 0 aliphatic carbocycles. The van der Waals surface area contributed by atoms with Gasteiger partial charge in [-0.05, 0) is 6.07 Å². The molecule has 0 aliphatic rings. The number of hydrogen-bond donors (Lipinski definition) is 0. The van der Waals surface area contributed by atoms with Crippen molar-refractivity contribution < 1.29 is 33.3 Å².